The van der Waals surface area contributed by atoms with E-state index in [2.05, 4.69) is 32.1 Å². The van der Waals surface area contributed by atoms with E-state index in [1.807, 2.05) is 53.0 Å². The second-order valence-electron chi connectivity index (χ2n) is 9.48. The Bertz CT molecular complexity index is 942. The van der Waals surface area contributed by atoms with Gasteiger partial charge in [0.2, 0.25) is 11.8 Å². The first-order valence-electron chi connectivity index (χ1n) is 12.3. The molecule has 2 N–H and O–H groups in total. The van der Waals surface area contributed by atoms with Crippen molar-refractivity contribution in [3.05, 3.63) is 47.8 Å². The zero-order chi connectivity index (χ0) is 23.8. The molecule has 0 unspecified atom stereocenters. The van der Waals surface area contributed by atoms with E-state index in [9.17, 15) is 9.59 Å². The summed E-state index contributed by atoms with van der Waals surface area (Å²) >= 11 is 1.87. The molecule has 184 valence electrons. The Hall–Kier alpha value is -2.39. The maximum absolute atomic E-state index is 13.9. The zero-order valence-electron chi connectivity index (χ0n) is 20.0. The molecule has 2 bridgehead atoms. The first-order chi connectivity index (χ1) is 16.6. The van der Waals surface area contributed by atoms with E-state index in [0.717, 1.165) is 62.3 Å². The fourth-order valence-electron chi connectivity index (χ4n) is 4.94. The lowest BCUT2D eigenvalue weighted by Crippen LogP contribution is -2.56. The molecule has 1 aromatic carbocycles. The van der Waals surface area contributed by atoms with E-state index in [-0.39, 0.29) is 11.8 Å². The molecule has 2 amide bonds. The van der Waals surface area contributed by atoms with Gasteiger partial charge in [-0.15, -0.1) is 5.10 Å². The lowest BCUT2D eigenvalue weighted by Gasteiger charge is -2.41. The quantitative estimate of drug-likeness (QED) is 0.609. The molecule has 2 aliphatic heterocycles. The second kappa shape index (κ2) is 11.8. The van der Waals surface area contributed by atoms with Gasteiger partial charge in [-0.1, -0.05) is 35.5 Å². The van der Waals surface area contributed by atoms with Crippen molar-refractivity contribution >= 4 is 23.6 Å². The number of amides is 2. The minimum atomic E-state index is -0.597. The number of piperidine rings is 1. The molecule has 4 rings (SSSR count). The Kier molecular flexibility index (Phi) is 8.61. The van der Waals surface area contributed by atoms with Gasteiger partial charge in [0.1, 0.15) is 6.04 Å². The highest BCUT2D eigenvalue weighted by molar-refractivity contribution is 7.98. The van der Waals surface area contributed by atoms with Crippen LogP contribution in [0.1, 0.15) is 36.9 Å². The Morgan fingerprint density at radius 1 is 1.15 bits per heavy atom. The number of carbonyl (C=O) groups is 2. The summed E-state index contributed by atoms with van der Waals surface area (Å²) in [6.45, 7) is 4.05. The number of aryl methyl sites for hydroxylation is 1. The molecule has 2 aliphatic rings. The molecule has 34 heavy (non-hydrogen) atoms. The van der Waals surface area contributed by atoms with Crippen LogP contribution in [-0.4, -0.2) is 75.9 Å². The van der Waals surface area contributed by atoms with Crippen LogP contribution >= 0.6 is 11.8 Å². The summed E-state index contributed by atoms with van der Waals surface area (Å²) < 4.78 is 1.82. The van der Waals surface area contributed by atoms with Gasteiger partial charge in [0.05, 0.1) is 11.1 Å². The molecular weight excluding hydrogens is 448 g/mol. The van der Waals surface area contributed by atoms with Crippen molar-refractivity contribution in [1.82, 2.24) is 30.5 Å². The highest BCUT2D eigenvalue weighted by Gasteiger charge is 2.43. The monoisotopic (exact) mass is 484 g/mol. The van der Waals surface area contributed by atoms with E-state index in [1.165, 1.54) is 0 Å². The van der Waals surface area contributed by atoms with Gasteiger partial charge in [-0.05, 0) is 62.9 Å². The van der Waals surface area contributed by atoms with Crippen LogP contribution in [-0.2, 0) is 29.0 Å². The number of hydrogen-bond donors (Lipinski definition) is 2. The highest BCUT2D eigenvalue weighted by atomic mass is 32.2. The van der Waals surface area contributed by atoms with E-state index < -0.39 is 11.5 Å². The lowest BCUT2D eigenvalue weighted by atomic mass is 9.73. The Labute approximate surface area is 206 Å². The Morgan fingerprint density at radius 2 is 1.94 bits per heavy atom. The van der Waals surface area contributed by atoms with E-state index >= 15 is 0 Å². The molecule has 8 nitrogen and oxygen atoms in total. The maximum atomic E-state index is 13.9. The van der Waals surface area contributed by atoms with Gasteiger partial charge in [-0.3, -0.25) is 14.3 Å². The number of thioether (sulfide) groups is 1. The molecule has 9 heteroatoms. The number of rotatable bonds is 6. The molecular formula is C25H36N6O2S. The minimum absolute atomic E-state index is 0.0406. The fourth-order valence-corrected chi connectivity index (χ4v) is 5.36. The molecule has 1 aromatic heterocycles. The zero-order valence-corrected chi connectivity index (χ0v) is 20.9. The van der Waals surface area contributed by atoms with E-state index in [4.69, 9.17) is 0 Å². The first-order valence-corrected chi connectivity index (χ1v) is 13.7. The molecule has 2 aromatic rings. The van der Waals surface area contributed by atoms with Crippen molar-refractivity contribution in [2.24, 2.45) is 5.41 Å². The van der Waals surface area contributed by atoms with Crippen LogP contribution in [0, 0.1) is 5.41 Å². The minimum Gasteiger partial charge on any atom is -0.354 e. The molecule has 3 heterocycles. The predicted molar refractivity (Wildman–Crippen MR) is 135 cm³/mol. The standard InChI is InChI=1S/C25H36N6O2S/c1-34-16-6-12-30-14-9-25(10-15-30)18-21-19-31(29-28-21)13-5-11-26-23(32)22(27-24(25)33)17-20-7-3-2-4-8-20/h2-4,7-8,19,22H,5-6,9-18H2,1H3,(H,26,32)(H,27,33)/t22-/m0/s1. The van der Waals surface area contributed by atoms with Gasteiger partial charge in [-0.25, -0.2) is 0 Å². The number of likely N-dealkylation sites (tertiary alicyclic amines) is 1. The number of aromatic nitrogens is 3. The van der Waals surface area contributed by atoms with Crippen LogP contribution in [0.15, 0.2) is 36.5 Å². The number of nitrogens with one attached hydrogen (secondary N) is 2. The van der Waals surface area contributed by atoms with Gasteiger partial charge in [-0.2, -0.15) is 11.8 Å². The number of carbonyl (C=O) groups excluding carboxylic acids is 2. The fraction of sp³-hybridized carbons (Fsp3) is 0.600. The van der Waals surface area contributed by atoms with Gasteiger partial charge in [0, 0.05) is 32.1 Å². The third-order valence-electron chi connectivity index (χ3n) is 6.99. The summed E-state index contributed by atoms with van der Waals surface area (Å²) in [5, 5.41) is 14.8. The van der Waals surface area contributed by atoms with Crippen LogP contribution in [0.25, 0.3) is 0 Å². The molecule has 0 radical (unpaired) electrons. The molecule has 0 saturated carbocycles. The van der Waals surface area contributed by atoms with E-state index in [1.54, 1.807) is 0 Å². The summed E-state index contributed by atoms with van der Waals surface area (Å²) in [6, 6.07) is 9.29. The van der Waals surface area contributed by atoms with Crippen molar-refractivity contribution in [1.29, 1.82) is 0 Å². The molecule has 1 atom stereocenters. The Morgan fingerprint density at radius 3 is 2.71 bits per heavy atom. The third-order valence-corrected chi connectivity index (χ3v) is 7.69. The van der Waals surface area contributed by atoms with Crippen molar-refractivity contribution in [3.63, 3.8) is 0 Å². The number of benzene rings is 1. The lowest BCUT2D eigenvalue weighted by molar-refractivity contribution is -0.137. The van der Waals surface area contributed by atoms with Crippen molar-refractivity contribution < 1.29 is 9.59 Å². The van der Waals surface area contributed by atoms with Crippen molar-refractivity contribution in [3.8, 4) is 0 Å². The average Bonchev–Trinajstić information content (AvgIpc) is 3.29. The highest BCUT2D eigenvalue weighted by Crippen LogP contribution is 2.35. The van der Waals surface area contributed by atoms with Crippen LogP contribution in [0.5, 0.6) is 0 Å². The topological polar surface area (TPSA) is 92.2 Å². The number of nitrogens with zero attached hydrogens (tertiary/aromatic N) is 4. The SMILES string of the molecule is CSCCCN1CCC2(CC1)Cc1cn(nn1)CCCNC(=O)[C@H](Cc1ccccc1)NC2=O. The van der Waals surface area contributed by atoms with Gasteiger partial charge < -0.3 is 15.5 Å². The molecule has 0 aliphatic carbocycles. The molecule has 1 saturated heterocycles. The van der Waals surface area contributed by atoms with Crippen LogP contribution in [0.3, 0.4) is 0 Å². The van der Waals surface area contributed by atoms with Crippen molar-refractivity contribution in [2.45, 2.75) is 51.1 Å². The van der Waals surface area contributed by atoms with Gasteiger partial charge >= 0.3 is 0 Å². The molecule has 1 fully saturated rings. The van der Waals surface area contributed by atoms with Crippen LogP contribution < -0.4 is 10.6 Å². The largest absolute Gasteiger partial charge is 0.354 e. The van der Waals surface area contributed by atoms with Crippen LogP contribution in [0.2, 0.25) is 0 Å². The third kappa shape index (κ3) is 6.39. The van der Waals surface area contributed by atoms with Gasteiger partial charge in [0.25, 0.3) is 0 Å². The number of fused-ring (bicyclic) bond motifs is 2. The normalized spacial score (nSPS) is 21.7. The second-order valence-corrected chi connectivity index (χ2v) is 10.5. The van der Waals surface area contributed by atoms with Crippen molar-refractivity contribution in [2.75, 3.05) is 38.2 Å². The number of hydrogen-bond acceptors (Lipinski definition) is 6. The molecule has 1 spiro atoms. The van der Waals surface area contributed by atoms with E-state index in [0.29, 0.717) is 25.9 Å². The smallest absolute Gasteiger partial charge is 0.242 e. The average molecular weight is 485 g/mol. The van der Waals surface area contributed by atoms with Crippen LogP contribution in [0.4, 0.5) is 0 Å². The maximum Gasteiger partial charge on any atom is 0.242 e. The first kappa shape index (κ1) is 24.7. The summed E-state index contributed by atoms with van der Waals surface area (Å²) in [5.74, 6) is 0.988. The Balaban J connectivity index is 1.55. The summed E-state index contributed by atoms with van der Waals surface area (Å²) in [6.07, 6.45) is 8.56. The van der Waals surface area contributed by atoms with Gasteiger partial charge in [0.15, 0.2) is 0 Å². The summed E-state index contributed by atoms with van der Waals surface area (Å²) in [5.41, 5.74) is 1.30. The summed E-state index contributed by atoms with van der Waals surface area (Å²) in [4.78, 5) is 29.4. The predicted octanol–water partition coefficient (Wildman–Crippen LogP) is 1.90. The summed E-state index contributed by atoms with van der Waals surface area (Å²) in [7, 11) is 0.